The predicted molar refractivity (Wildman–Crippen MR) is 98.8 cm³/mol. The first-order valence-electron chi connectivity index (χ1n) is 8.24. The van der Waals surface area contributed by atoms with E-state index >= 15 is 0 Å². The molecule has 0 fully saturated rings. The molecule has 3 aromatic carbocycles. The average Bonchev–Trinajstić information content (AvgIpc) is 3.11. The lowest BCUT2D eigenvalue weighted by atomic mass is 10.1. The number of imidazole rings is 1. The van der Waals surface area contributed by atoms with E-state index in [-0.39, 0.29) is 18.2 Å². The molecular formula is C21H17FN2O2. The molecule has 0 spiro atoms. The van der Waals surface area contributed by atoms with Crippen LogP contribution in [0.3, 0.4) is 0 Å². The highest BCUT2D eigenvalue weighted by Crippen LogP contribution is 2.28. The van der Waals surface area contributed by atoms with Crippen LogP contribution in [0.4, 0.5) is 4.39 Å². The van der Waals surface area contributed by atoms with Gasteiger partial charge in [0.1, 0.15) is 18.2 Å². The van der Waals surface area contributed by atoms with Gasteiger partial charge < -0.3 is 14.5 Å². The van der Waals surface area contributed by atoms with Crippen LogP contribution in [0.2, 0.25) is 0 Å². The molecule has 4 aromatic rings. The highest BCUT2D eigenvalue weighted by Gasteiger charge is 2.11. The first-order chi connectivity index (χ1) is 12.7. The number of nitrogens with zero attached hydrogens (tertiary/aromatic N) is 1. The second-order valence-electron chi connectivity index (χ2n) is 5.85. The van der Waals surface area contributed by atoms with Crippen LogP contribution in [0.5, 0.6) is 11.5 Å². The normalized spacial score (nSPS) is 10.8. The number of para-hydroxylation sites is 3. The van der Waals surface area contributed by atoms with Crippen molar-refractivity contribution in [2.24, 2.45) is 0 Å². The number of halogens is 1. The maximum Gasteiger partial charge on any atom is 0.165 e. The summed E-state index contributed by atoms with van der Waals surface area (Å²) in [6.07, 6.45) is 0. The molecule has 0 aliphatic heterocycles. The van der Waals surface area contributed by atoms with E-state index in [0.29, 0.717) is 5.75 Å². The number of H-pyrrole nitrogens is 1. The number of fused-ring (bicyclic) bond motifs is 1. The summed E-state index contributed by atoms with van der Waals surface area (Å²) in [5, 5.41) is 0. The van der Waals surface area contributed by atoms with Gasteiger partial charge in [-0.2, -0.15) is 0 Å². The Balaban J connectivity index is 1.65. The maximum absolute atomic E-state index is 13.8. The van der Waals surface area contributed by atoms with E-state index in [9.17, 15) is 4.39 Å². The van der Waals surface area contributed by atoms with Crippen LogP contribution < -0.4 is 9.47 Å². The van der Waals surface area contributed by atoms with E-state index in [0.717, 1.165) is 28.0 Å². The number of ether oxygens (including phenoxy) is 2. The molecule has 0 saturated carbocycles. The lowest BCUT2D eigenvalue weighted by Gasteiger charge is -2.12. The second-order valence-corrected chi connectivity index (χ2v) is 5.85. The van der Waals surface area contributed by atoms with Gasteiger partial charge >= 0.3 is 0 Å². The number of hydrogen-bond donors (Lipinski definition) is 1. The molecular weight excluding hydrogens is 331 g/mol. The SMILES string of the molecule is COc1ccc(-c2nc3ccccc3[nH]2)cc1COc1ccccc1F. The number of rotatable bonds is 5. The highest BCUT2D eigenvalue weighted by atomic mass is 19.1. The molecule has 130 valence electrons. The molecule has 0 radical (unpaired) electrons. The Labute approximate surface area is 150 Å². The molecule has 0 aliphatic carbocycles. The predicted octanol–water partition coefficient (Wildman–Crippen LogP) is 4.96. The van der Waals surface area contributed by atoms with Gasteiger partial charge in [0.05, 0.1) is 18.1 Å². The van der Waals surface area contributed by atoms with Gasteiger partial charge in [-0.05, 0) is 42.5 Å². The van der Waals surface area contributed by atoms with Crippen LogP contribution in [0.1, 0.15) is 5.56 Å². The monoisotopic (exact) mass is 348 g/mol. The fourth-order valence-electron chi connectivity index (χ4n) is 2.85. The summed E-state index contributed by atoms with van der Waals surface area (Å²) < 4.78 is 24.8. The fourth-order valence-corrected chi connectivity index (χ4v) is 2.85. The van der Waals surface area contributed by atoms with Gasteiger partial charge in [-0.15, -0.1) is 0 Å². The van der Waals surface area contributed by atoms with Crippen LogP contribution in [-0.2, 0) is 6.61 Å². The molecule has 4 nitrogen and oxygen atoms in total. The minimum atomic E-state index is -0.389. The molecule has 1 heterocycles. The van der Waals surface area contributed by atoms with Crippen molar-refractivity contribution in [3.63, 3.8) is 0 Å². The van der Waals surface area contributed by atoms with Gasteiger partial charge in [0.15, 0.2) is 11.6 Å². The lowest BCUT2D eigenvalue weighted by molar-refractivity contribution is 0.282. The highest BCUT2D eigenvalue weighted by molar-refractivity contribution is 5.79. The van der Waals surface area contributed by atoms with Crippen molar-refractivity contribution in [1.29, 1.82) is 0 Å². The van der Waals surface area contributed by atoms with Crippen LogP contribution in [-0.4, -0.2) is 17.1 Å². The van der Waals surface area contributed by atoms with Crippen molar-refractivity contribution >= 4 is 11.0 Å². The second kappa shape index (κ2) is 6.88. The Morgan fingerprint density at radius 1 is 0.962 bits per heavy atom. The van der Waals surface area contributed by atoms with Crippen LogP contribution >= 0.6 is 0 Å². The number of aromatic nitrogens is 2. The minimum Gasteiger partial charge on any atom is -0.496 e. The third kappa shape index (κ3) is 3.11. The third-order valence-electron chi connectivity index (χ3n) is 4.16. The topological polar surface area (TPSA) is 47.1 Å². The van der Waals surface area contributed by atoms with Gasteiger partial charge in [-0.25, -0.2) is 9.37 Å². The zero-order valence-corrected chi connectivity index (χ0v) is 14.2. The molecule has 26 heavy (non-hydrogen) atoms. The lowest BCUT2D eigenvalue weighted by Crippen LogP contribution is -2.00. The first kappa shape index (κ1) is 16.1. The smallest absolute Gasteiger partial charge is 0.165 e. The average molecular weight is 348 g/mol. The van der Waals surface area contributed by atoms with E-state index in [4.69, 9.17) is 9.47 Å². The largest absolute Gasteiger partial charge is 0.496 e. The Kier molecular flexibility index (Phi) is 4.27. The number of hydrogen-bond acceptors (Lipinski definition) is 3. The van der Waals surface area contributed by atoms with E-state index in [1.807, 2.05) is 42.5 Å². The molecule has 0 aliphatic rings. The summed E-state index contributed by atoms with van der Waals surface area (Å²) in [5.74, 6) is 1.27. The maximum atomic E-state index is 13.8. The molecule has 0 saturated heterocycles. The Morgan fingerprint density at radius 2 is 1.77 bits per heavy atom. The van der Waals surface area contributed by atoms with Crippen LogP contribution in [0.25, 0.3) is 22.4 Å². The van der Waals surface area contributed by atoms with Crippen molar-refractivity contribution < 1.29 is 13.9 Å². The van der Waals surface area contributed by atoms with Crippen molar-refractivity contribution in [2.45, 2.75) is 6.61 Å². The van der Waals surface area contributed by atoms with Crippen molar-refractivity contribution in [2.75, 3.05) is 7.11 Å². The summed E-state index contributed by atoms with van der Waals surface area (Å²) in [5.41, 5.74) is 3.60. The molecule has 5 heteroatoms. The summed E-state index contributed by atoms with van der Waals surface area (Å²) in [6.45, 7) is 0.193. The molecule has 0 atom stereocenters. The van der Waals surface area contributed by atoms with Crippen LogP contribution in [0.15, 0.2) is 66.7 Å². The van der Waals surface area contributed by atoms with Gasteiger partial charge in [0.25, 0.3) is 0 Å². The summed E-state index contributed by atoms with van der Waals surface area (Å²) >= 11 is 0. The molecule has 1 N–H and O–H groups in total. The van der Waals surface area contributed by atoms with E-state index in [1.54, 1.807) is 25.3 Å². The number of aromatic amines is 1. The van der Waals surface area contributed by atoms with Crippen LogP contribution in [0, 0.1) is 5.82 Å². The summed E-state index contributed by atoms with van der Waals surface area (Å²) in [4.78, 5) is 7.92. The van der Waals surface area contributed by atoms with E-state index in [1.165, 1.54) is 6.07 Å². The van der Waals surface area contributed by atoms with Gasteiger partial charge in [-0.3, -0.25) is 0 Å². The minimum absolute atomic E-state index is 0.193. The standard InChI is InChI=1S/C21H17FN2O2/c1-25-19-11-10-14(21-23-17-7-3-4-8-18(17)24-21)12-15(19)13-26-20-9-5-2-6-16(20)22/h2-12H,13H2,1H3,(H,23,24). The van der Waals surface area contributed by atoms with Gasteiger partial charge in [-0.1, -0.05) is 24.3 Å². The van der Waals surface area contributed by atoms with E-state index in [2.05, 4.69) is 9.97 Å². The number of benzene rings is 3. The zero-order chi connectivity index (χ0) is 17.9. The third-order valence-corrected chi connectivity index (χ3v) is 4.16. The Bertz CT molecular complexity index is 1030. The molecule has 1 aromatic heterocycles. The van der Waals surface area contributed by atoms with Crippen molar-refractivity contribution in [3.05, 3.63) is 78.1 Å². The van der Waals surface area contributed by atoms with Gasteiger partial charge in [0, 0.05) is 11.1 Å². The summed E-state index contributed by atoms with van der Waals surface area (Å²) in [7, 11) is 1.60. The first-order valence-corrected chi connectivity index (χ1v) is 8.24. The van der Waals surface area contributed by atoms with Gasteiger partial charge in [0.2, 0.25) is 0 Å². The molecule has 0 bridgehead atoms. The zero-order valence-electron chi connectivity index (χ0n) is 14.2. The Hall–Kier alpha value is -3.34. The fraction of sp³-hybridized carbons (Fsp3) is 0.0952. The number of nitrogens with one attached hydrogen (secondary N) is 1. The summed E-state index contributed by atoms with van der Waals surface area (Å²) in [6, 6.07) is 19.9. The molecule has 0 unspecified atom stereocenters. The molecule has 0 amide bonds. The number of methoxy groups -OCH3 is 1. The van der Waals surface area contributed by atoms with E-state index < -0.39 is 0 Å². The van der Waals surface area contributed by atoms with Crippen molar-refractivity contribution in [3.8, 4) is 22.9 Å². The Morgan fingerprint density at radius 3 is 2.58 bits per heavy atom. The quantitative estimate of drug-likeness (QED) is 0.555. The molecule has 4 rings (SSSR count). The van der Waals surface area contributed by atoms with Crippen molar-refractivity contribution in [1.82, 2.24) is 9.97 Å².